The fourth-order valence-corrected chi connectivity index (χ4v) is 4.00. The third kappa shape index (κ3) is 4.52. The van der Waals surface area contributed by atoms with Crippen LogP contribution in [0.15, 0.2) is 27.1 Å². The van der Waals surface area contributed by atoms with E-state index in [4.69, 9.17) is 0 Å². The van der Waals surface area contributed by atoms with Crippen molar-refractivity contribution in [3.05, 3.63) is 32.7 Å². The molecule has 21 heavy (non-hydrogen) atoms. The van der Waals surface area contributed by atoms with E-state index in [1.54, 1.807) is 0 Å². The molecule has 0 spiro atoms. The third-order valence-corrected chi connectivity index (χ3v) is 4.76. The molecule has 0 saturated carbocycles. The van der Waals surface area contributed by atoms with Crippen LogP contribution in [-0.2, 0) is 0 Å². The van der Waals surface area contributed by atoms with E-state index in [0.717, 1.165) is 34.9 Å². The van der Waals surface area contributed by atoms with E-state index in [0.29, 0.717) is 12.1 Å². The number of piperidine rings is 1. The lowest BCUT2D eigenvalue weighted by Gasteiger charge is -2.37. The van der Waals surface area contributed by atoms with Gasteiger partial charge >= 0.3 is 0 Å². The molecule has 1 heterocycles. The van der Waals surface area contributed by atoms with Gasteiger partial charge in [-0.3, -0.25) is 4.79 Å². The lowest BCUT2D eigenvalue weighted by molar-refractivity contribution is 0.0540. The quantitative estimate of drug-likeness (QED) is 0.815. The van der Waals surface area contributed by atoms with Gasteiger partial charge in [-0.2, -0.15) is 0 Å². The zero-order valence-corrected chi connectivity index (χ0v) is 15.2. The van der Waals surface area contributed by atoms with Gasteiger partial charge in [0.05, 0.1) is 6.61 Å². The highest BCUT2D eigenvalue weighted by atomic mass is 79.9. The second-order valence-corrected chi connectivity index (χ2v) is 7.25. The normalized spacial score (nSPS) is 17.0. The minimum absolute atomic E-state index is 0.00669. The summed E-state index contributed by atoms with van der Waals surface area (Å²) >= 11 is 6.83. The van der Waals surface area contributed by atoms with E-state index in [9.17, 15) is 9.90 Å². The minimum atomic E-state index is -0.0133. The molecular formula is C15H20Br2N2O2. The number of aliphatic hydroxyl groups is 1. The topological polar surface area (TPSA) is 43.8 Å². The fraction of sp³-hybridized carbons (Fsp3) is 0.533. The summed E-state index contributed by atoms with van der Waals surface area (Å²) in [7, 11) is 2.10. The summed E-state index contributed by atoms with van der Waals surface area (Å²) in [4.78, 5) is 16.9. The van der Waals surface area contributed by atoms with Gasteiger partial charge in [0.1, 0.15) is 0 Å². The molecule has 1 N–H and O–H groups in total. The van der Waals surface area contributed by atoms with Crippen LogP contribution in [0.25, 0.3) is 0 Å². The standard InChI is InChI=1S/C15H20Br2N2O2/c1-18-4-2-14(3-5-18)19(6-7-20)15(21)11-8-12(16)10-13(17)9-11/h8-10,14,20H,2-7H2,1H3. The first-order valence-corrected chi connectivity index (χ1v) is 8.66. The summed E-state index contributed by atoms with van der Waals surface area (Å²) in [6.07, 6.45) is 1.91. The van der Waals surface area contributed by atoms with Crippen molar-refractivity contribution < 1.29 is 9.90 Å². The first kappa shape index (κ1) is 16.9. The highest BCUT2D eigenvalue weighted by Crippen LogP contribution is 2.23. The number of carbonyl (C=O) groups is 1. The van der Waals surface area contributed by atoms with Gasteiger partial charge in [-0.25, -0.2) is 0 Å². The number of aliphatic hydroxyl groups excluding tert-OH is 1. The highest BCUT2D eigenvalue weighted by Gasteiger charge is 2.27. The lowest BCUT2D eigenvalue weighted by atomic mass is 10.0. The van der Waals surface area contributed by atoms with E-state index in [1.165, 1.54) is 0 Å². The van der Waals surface area contributed by atoms with Gasteiger partial charge in [0.25, 0.3) is 5.91 Å². The minimum Gasteiger partial charge on any atom is -0.395 e. The number of hydrogen-bond acceptors (Lipinski definition) is 3. The van der Waals surface area contributed by atoms with Crippen molar-refractivity contribution in [2.24, 2.45) is 0 Å². The molecule has 0 unspecified atom stereocenters. The van der Waals surface area contributed by atoms with Gasteiger partial charge in [0.2, 0.25) is 0 Å². The van der Waals surface area contributed by atoms with Crippen LogP contribution in [0.4, 0.5) is 0 Å². The van der Waals surface area contributed by atoms with E-state index in [1.807, 2.05) is 23.1 Å². The number of likely N-dealkylation sites (tertiary alicyclic amines) is 1. The van der Waals surface area contributed by atoms with Crippen molar-refractivity contribution in [3.8, 4) is 0 Å². The molecule has 2 rings (SSSR count). The first-order chi connectivity index (χ1) is 10.0. The van der Waals surface area contributed by atoms with Gasteiger partial charge in [-0.1, -0.05) is 31.9 Å². The van der Waals surface area contributed by atoms with Crippen LogP contribution in [0.5, 0.6) is 0 Å². The molecule has 0 aromatic heterocycles. The number of nitrogens with zero attached hydrogens (tertiary/aromatic N) is 2. The maximum atomic E-state index is 12.8. The maximum absolute atomic E-state index is 12.8. The molecule has 1 amide bonds. The Labute approximate surface area is 142 Å². The van der Waals surface area contributed by atoms with Crippen molar-refractivity contribution in [2.75, 3.05) is 33.3 Å². The molecule has 0 aliphatic carbocycles. The molecule has 1 aliphatic heterocycles. The number of benzene rings is 1. The van der Waals surface area contributed by atoms with Crippen molar-refractivity contribution in [1.29, 1.82) is 0 Å². The maximum Gasteiger partial charge on any atom is 0.254 e. The van der Waals surface area contributed by atoms with Crippen molar-refractivity contribution in [3.63, 3.8) is 0 Å². The number of carbonyl (C=O) groups excluding carboxylic acids is 1. The van der Waals surface area contributed by atoms with Crippen LogP contribution < -0.4 is 0 Å². The number of hydrogen-bond donors (Lipinski definition) is 1. The van der Waals surface area contributed by atoms with E-state index < -0.39 is 0 Å². The Morgan fingerprint density at radius 2 is 1.86 bits per heavy atom. The molecule has 1 aromatic carbocycles. The molecule has 1 aromatic rings. The zero-order valence-electron chi connectivity index (χ0n) is 12.1. The van der Waals surface area contributed by atoms with Crippen LogP contribution in [0, 0.1) is 0 Å². The van der Waals surface area contributed by atoms with Crippen molar-refractivity contribution >= 4 is 37.8 Å². The monoisotopic (exact) mass is 418 g/mol. The van der Waals surface area contributed by atoms with E-state index in [-0.39, 0.29) is 18.6 Å². The summed E-state index contributed by atoms with van der Waals surface area (Å²) in [5, 5.41) is 9.30. The van der Waals surface area contributed by atoms with Gasteiger partial charge in [0, 0.05) is 27.1 Å². The zero-order chi connectivity index (χ0) is 15.4. The highest BCUT2D eigenvalue weighted by molar-refractivity contribution is 9.11. The molecule has 0 bridgehead atoms. The predicted octanol–water partition coefficient (Wildman–Crippen LogP) is 2.74. The molecule has 116 valence electrons. The van der Waals surface area contributed by atoms with Crippen LogP contribution in [0.1, 0.15) is 23.2 Å². The smallest absolute Gasteiger partial charge is 0.254 e. The van der Waals surface area contributed by atoms with Crippen LogP contribution in [0.3, 0.4) is 0 Å². The molecule has 4 nitrogen and oxygen atoms in total. The molecule has 6 heteroatoms. The van der Waals surface area contributed by atoms with Gasteiger partial charge in [0.15, 0.2) is 0 Å². The summed E-state index contributed by atoms with van der Waals surface area (Å²) in [6, 6.07) is 5.76. The third-order valence-electron chi connectivity index (χ3n) is 3.84. The lowest BCUT2D eigenvalue weighted by Crippen LogP contribution is -2.47. The summed E-state index contributed by atoms with van der Waals surface area (Å²) in [6.45, 7) is 2.36. The largest absolute Gasteiger partial charge is 0.395 e. The molecule has 0 radical (unpaired) electrons. The average molecular weight is 420 g/mol. The Kier molecular flexibility index (Phi) is 6.22. The Hall–Kier alpha value is -0.430. The molecule has 0 atom stereocenters. The Morgan fingerprint density at radius 3 is 2.38 bits per heavy atom. The molecule has 1 aliphatic rings. The van der Waals surface area contributed by atoms with Gasteiger partial charge < -0.3 is 14.9 Å². The van der Waals surface area contributed by atoms with Gasteiger partial charge in [-0.05, 0) is 51.2 Å². The molecule has 1 saturated heterocycles. The molecule has 1 fully saturated rings. The predicted molar refractivity (Wildman–Crippen MR) is 90.5 cm³/mol. The van der Waals surface area contributed by atoms with Crippen molar-refractivity contribution in [2.45, 2.75) is 18.9 Å². The second kappa shape index (κ2) is 7.72. The SMILES string of the molecule is CN1CCC(N(CCO)C(=O)c2cc(Br)cc(Br)c2)CC1. The summed E-state index contributed by atoms with van der Waals surface area (Å²) in [5.74, 6) is -0.0133. The number of amides is 1. The Morgan fingerprint density at radius 1 is 1.29 bits per heavy atom. The second-order valence-electron chi connectivity index (χ2n) is 5.41. The number of halogens is 2. The molecular weight excluding hydrogens is 400 g/mol. The van der Waals surface area contributed by atoms with E-state index >= 15 is 0 Å². The van der Waals surface area contributed by atoms with Crippen LogP contribution in [-0.4, -0.2) is 60.1 Å². The Bertz CT molecular complexity index is 482. The van der Waals surface area contributed by atoms with Crippen molar-refractivity contribution in [1.82, 2.24) is 9.80 Å². The fourth-order valence-electron chi connectivity index (χ4n) is 2.71. The Balaban J connectivity index is 2.18. The average Bonchev–Trinajstić information content (AvgIpc) is 2.44. The first-order valence-electron chi connectivity index (χ1n) is 7.07. The van der Waals surface area contributed by atoms with Gasteiger partial charge in [-0.15, -0.1) is 0 Å². The summed E-state index contributed by atoms with van der Waals surface area (Å²) in [5.41, 5.74) is 0.642. The summed E-state index contributed by atoms with van der Waals surface area (Å²) < 4.78 is 1.74. The van der Waals surface area contributed by atoms with Crippen LogP contribution in [0.2, 0.25) is 0 Å². The number of rotatable bonds is 4. The van der Waals surface area contributed by atoms with E-state index in [2.05, 4.69) is 43.8 Å². The van der Waals surface area contributed by atoms with Crippen LogP contribution >= 0.6 is 31.9 Å².